The van der Waals surface area contributed by atoms with E-state index in [1.54, 1.807) is 0 Å². The highest BCUT2D eigenvalue weighted by Crippen LogP contribution is 2.53. The van der Waals surface area contributed by atoms with Crippen molar-refractivity contribution in [2.75, 3.05) is 0 Å². The highest BCUT2D eigenvalue weighted by atomic mass is 14.4. The molecule has 0 nitrogen and oxygen atoms in total. The molecule has 0 amide bonds. The van der Waals surface area contributed by atoms with Gasteiger partial charge in [-0.25, -0.2) is 0 Å². The smallest absolute Gasteiger partial charge is 0.0159 e. The highest BCUT2D eigenvalue weighted by molar-refractivity contribution is 6.22. The predicted octanol–water partition coefficient (Wildman–Crippen LogP) is 17.2. The molecule has 2 aliphatic rings. The maximum absolute atomic E-state index is 2.50. The zero-order valence-corrected chi connectivity index (χ0v) is 36.8. The van der Waals surface area contributed by atoms with Crippen molar-refractivity contribution in [3.8, 4) is 55.6 Å². The zero-order valence-electron chi connectivity index (χ0n) is 36.8. The van der Waals surface area contributed by atoms with E-state index in [0.29, 0.717) is 0 Å². The van der Waals surface area contributed by atoms with E-state index in [1.807, 2.05) is 0 Å². The first-order chi connectivity index (χ1) is 31.3. The summed E-state index contributed by atoms with van der Waals surface area (Å²) in [5.41, 5.74) is 23.1. The van der Waals surface area contributed by atoms with Gasteiger partial charge in [-0.1, -0.05) is 222 Å². The Morgan fingerprint density at radius 1 is 0.312 bits per heavy atom. The van der Waals surface area contributed by atoms with Crippen molar-refractivity contribution >= 4 is 33.2 Å². The van der Waals surface area contributed by atoms with Gasteiger partial charge in [-0.2, -0.15) is 0 Å². The average molecular weight is 817 g/mol. The van der Waals surface area contributed by atoms with Crippen molar-refractivity contribution in [3.63, 3.8) is 0 Å². The summed E-state index contributed by atoms with van der Waals surface area (Å²) in [4.78, 5) is 0. The van der Waals surface area contributed by atoms with Gasteiger partial charge in [0.05, 0.1) is 0 Å². The Labute approximate surface area is 376 Å². The molecular weight excluding hydrogens is 769 g/mol. The maximum Gasteiger partial charge on any atom is 0.0159 e. The molecule has 0 saturated carbocycles. The van der Waals surface area contributed by atoms with E-state index in [0.717, 1.165) is 0 Å². The van der Waals surface area contributed by atoms with Crippen LogP contribution in [0.25, 0.3) is 88.8 Å². The Balaban J connectivity index is 1.07. The summed E-state index contributed by atoms with van der Waals surface area (Å²) < 4.78 is 0. The Morgan fingerprint density at radius 2 is 0.719 bits per heavy atom. The lowest BCUT2D eigenvalue weighted by Gasteiger charge is -2.23. The molecule has 0 heteroatoms. The number of benzene rings is 10. The molecule has 0 spiro atoms. The van der Waals surface area contributed by atoms with E-state index in [1.165, 1.54) is 122 Å². The van der Waals surface area contributed by atoms with Crippen molar-refractivity contribution in [2.45, 2.75) is 38.5 Å². The Bertz CT molecular complexity index is 3470. The first-order valence-electron chi connectivity index (χ1n) is 22.7. The molecule has 0 atom stereocenters. The second-order valence-electron chi connectivity index (χ2n) is 18.8. The van der Waals surface area contributed by atoms with Gasteiger partial charge in [0.25, 0.3) is 0 Å². The van der Waals surface area contributed by atoms with Gasteiger partial charge < -0.3 is 0 Å². The van der Waals surface area contributed by atoms with Gasteiger partial charge in [0.2, 0.25) is 0 Å². The minimum Gasteiger partial charge on any atom is -0.0622 e. The van der Waals surface area contributed by atoms with Crippen LogP contribution >= 0.6 is 0 Å². The van der Waals surface area contributed by atoms with Crippen LogP contribution in [0.4, 0.5) is 0 Å². The van der Waals surface area contributed by atoms with Gasteiger partial charge >= 0.3 is 0 Å². The van der Waals surface area contributed by atoms with Gasteiger partial charge in [-0.15, -0.1) is 0 Å². The molecule has 0 fully saturated rings. The van der Waals surface area contributed by atoms with Crippen LogP contribution in [0.1, 0.15) is 66.6 Å². The summed E-state index contributed by atoms with van der Waals surface area (Å²) in [6.07, 6.45) is 2.32. The van der Waals surface area contributed by atoms with E-state index >= 15 is 0 Å². The summed E-state index contributed by atoms with van der Waals surface area (Å²) in [6.45, 7) is 9.51. The molecular formula is C64H48. The lowest BCUT2D eigenvalue weighted by molar-refractivity contribution is 0.660. The summed E-state index contributed by atoms with van der Waals surface area (Å²) in [7, 11) is 0. The van der Waals surface area contributed by atoms with Crippen LogP contribution in [0.5, 0.6) is 0 Å². The van der Waals surface area contributed by atoms with Crippen molar-refractivity contribution in [1.82, 2.24) is 0 Å². The second kappa shape index (κ2) is 14.5. The van der Waals surface area contributed by atoms with Crippen LogP contribution < -0.4 is 0 Å². The van der Waals surface area contributed by atoms with E-state index in [2.05, 4.69) is 246 Å². The summed E-state index contributed by atoms with van der Waals surface area (Å²) >= 11 is 0. The van der Waals surface area contributed by atoms with Crippen LogP contribution in [0, 0.1) is 0 Å². The molecule has 304 valence electrons. The molecule has 0 bridgehead atoms. The first-order valence-corrected chi connectivity index (χ1v) is 22.7. The normalized spacial score (nSPS) is 13.9. The minimum atomic E-state index is -0.107. The first kappa shape index (κ1) is 38.2. The quantitative estimate of drug-likeness (QED) is 0.116. The van der Waals surface area contributed by atoms with E-state index in [4.69, 9.17) is 0 Å². The summed E-state index contributed by atoms with van der Waals surface area (Å²) in [5, 5.41) is 5.05. The van der Waals surface area contributed by atoms with Crippen molar-refractivity contribution in [2.24, 2.45) is 0 Å². The monoisotopic (exact) mass is 816 g/mol. The standard InChI is InChI=1S/C64H48/c1-63(2)57-25-15-13-21-48(57)50-34-31-46(39-59(50)63)45-32-36-54-56(38-45)62(47-33-35-51-49-22-14-16-26-58(49)64(3,4)60(51)40-47)53-24-12-11-23-52(53)61(54)44-29-27-41(28-30-44)37-55(42-17-7-5-8-18-42)43-19-9-6-10-20-43/h5-40H,1-4H3. The third-order valence-electron chi connectivity index (χ3n) is 14.5. The van der Waals surface area contributed by atoms with Gasteiger partial charge in [0.1, 0.15) is 0 Å². The molecule has 2 aliphatic carbocycles. The lowest BCUT2D eigenvalue weighted by Crippen LogP contribution is -2.14. The van der Waals surface area contributed by atoms with E-state index < -0.39 is 0 Å². The van der Waals surface area contributed by atoms with Gasteiger partial charge in [0.15, 0.2) is 0 Å². The zero-order chi connectivity index (χ0) is 43.2. The van der Waals surface area contributed by atoms with Crippen molar-refractivity contribution in [1.29, 1.82) is 0 Å². The summed E-state index contributed by atoms with van der Waals surface area (Å²) in [6, 6.07) is 79.2. The van der Waals surface area contributed by atoms with Crippen LogP contribution in [0.2, 0.25) is 0 Å². The SMILES string of the molecule is CC1(C)c2ccccc2-c2ccc(-c3ccc4c(-c5ccc(C=C(c6ccccc6)c6ccccc6)cc5)c5ccccc5c(-c5ccc6c(c5)C(C)(C)c5ccccc5-6)c4c3)cc21. The van der Waals surface area contributed by atoms with Crippen molar-refractivity contribution < 1.29 is 0 Å². The lowest BCUT2D eigenvalue weighted by atomic mass is 9.80. The van der Waals surface area contributed by atoms with Crippen LogP contribution in [-0.4, -0.2) is 0 Å². The van der Waals surface area contributed by atoms with Gasteiger partial charge in [-0.3, -0.25) is 0 Å². The molecule has 0 radical (unpaired) electrons. The van der Waals surface area contributed by atoms with Crippen molar-refractivity contribution in [3.05, 3.63) is 251 Å². The number of fused-ring (bicyclic) bond motifs is 8. The molecule has 12 rings (SSSR count). The average Bonchev–Trinajstić information content (AvgIpc) is 3.71. The fraction of sp³-hybridized carbons (Fsp3) is 0.0938. The Morgan fingerprint density at radius 3 is 1.30 bits per heavy atom. The Kier molecular flexibility index (Phi) is 8.65. The molecule has 10 aromatic rings. The minimum absolute atomic E-state index is 0.0770. The van der Waals surface area contributed by atoms with Gasteiger partial charge in [0, 0.05) is 10.8 Å². The van der Waals surface area contributed by atoms with Crippen LogP contribution in [0.15, 0.2) is 212 Å². The molecule has 0 unspecified atom stereocenters. The third-order valence-corrected chi connectivity index (χ3v) is 14.5. The summed E-state index contributed by atoms with van der Waals surface area (Å²) in [5.74, 6) is 0. The van der Waals surface area contributed by atoms with E-state index in [-0.39, 0.29) is 10.8 Å². The largest absolute Gasteiger partial charge is 0.0622 e. The number of hydrogen-bond acceptors (Lipinski definition) is 0. The molecule has 0 aliphatic heterocycles. The highest BCUT2D eigenvalue weighted by Gasteiger charge is 2.37. The number of hydrogen-bond donors (Lipinski definition) is 0. The van der Waals surface area contributed by atoms with Gasteiger partial charge in [-0.05, 0) is 146 Å². The predicted molar refractivity (Wildman–Crippen MR) is 273 cm³/mol. The molecule has 0 saturated heterocycles. The molecule has 10 aromatic carbocycles. The molecule has 0 aromatic heterocycles. The molecule has 0 N–H and O–H groups in total. The topological polar surface area (TPSA) is 0 Å². The van der Waals surface area contributed by atoms with Crippen LogP contribution in [-0.2, 0) is 10.8 Å². The Hall–Kier alpha value is -7.54. The molecule has 0 heterocycles. The van der Waals surface area contributed by atoms with E-state index in [9.17, 15) is 0 Å². The second-order valence-corrected chi connectivity index (χ2v) is 18.8. The third kappa shape index (κ3) is 5.90. The fourth-order valence-corrected chi connectivity index (χ4v) is 11.2. The maximum atomic E-state index is 2.50. The fourth-order valence-electron chi connectivity index (χ4n) is 11.2. The molecule has 64 heavy (non-hydrogen) atoms. The van der Waals surface area contributed by atoms with Crippen LogP contribution in [0.3, 0.4) is 0 Å². The number of rotatable bonds is 6.